The van der Waals surface area contributed by atoms with Crippen LogP contribution >= 0.6 is 0 Å². The largest absolute Gasteiger partial charge is 0.335 e. The number of piperazine rings is 2. The van der Waals surface area contributed by atoms with Crippen LogP contribution in [0.3, 0.4) is 0 Å². The first-order valence-electron chi connectivity index (χ1n) is 6.11. The van der Waals surface area contributed by atoms with Gasteiger partial charge in [0.1, 0.15) is 0 Å². The van der Waals surface area contributed by atoms with Crippen LogP contribution in [-0.2, 0) is 9.59 Å². The fraction of sp³-hybridized carbons (Fsp3) is 0.818. The minimum absolute atomic E-state index is 0.0323. The Morgan fingerprint density at radius 1 is 1.06 bits per heavy atom. The second-order valence-electron chi connectivity index (χ2n) is 4.66. The van der Waals surface area contributed by atoms with Crippen LogP contribution in [0.15, 0.2) is 0 Å². The summed E-state index contributed by atoms with van der Waals surface area (Å²) in [5, 5.41) is 3.29. The zero-order chi connectivity index (χ0) is 12.3. The van der Waals surface area contributed by atoms with Crippen molar-refractivity contribution < 1.29 is 9.59 Å². The number of rotatable bonds is 3. The smallest absolute Gasteiger partial charge is 0.242 e. The highest BCUT2D eigenvalue weighted by atomic mass is 16.2. The second-order valence-corrected chi connectivity index (χ2v) is 4.66. The molecule has 2 aliphatic rings. The topological polar surface area (TPSA) is 55.9 Å². The molecular formula is C11H20N4O2. The van der Waals surface area contributed by atoms with E-state index in [2.05, 4.69) is 10.2 Å². The van der Waals surface area contributed by atoms with Crippen molar-refractivity contribution in [1.29, 1.82) is 0 Å². The first-order valence-corrected chi connectivity index (χ1v) is 6.11. The molecule has 2 aliphatic heterocycles. The van der Waals surface area contributed by atoms with Crippen molar-refractivity contribution in [3.8, 4) is 0 Å². The van der Waals surface area contributed by atoms with Gasteiger partial charge in [-0.2, -0.15) is 0 Å². The Labute approximate surface area is 102 Å². The van der Waals surface area contributed by atoms with Gasteiger partial charge in [0.15, 0.2) is 0 Å². The van der Waals surface area contributed by atoms with E-state index in [0.717, 1.165) is 32.7 Å². The Kier molecular flexibility index (Phi) is 3.96. The van der Waals surface area contributed by atoms with Crippen LogP contribution in [0.25, 0.3) is 0 Å². The Morgan fingerprint density at radius 3 is 2.47 bits per heavy atom. The second kappa shape index (κ2) is 5.46. The van der Waals surface area contributed by atoms with E-state index in [1.165, 1.54) is 4.90 Å². The lowest BCUT2D eigenvalue weighted by atomic mass is 10.3. The number of carbonyl (C=O) groups is 2. The maximum absolute atomic E-state index is 11.7. The number of nitrogens with one attached hydrogen (secondary N) is 1. The van der Waals surface area contributed by atoms with Crippen molar-refractivity contribution in [2.75, 3.05) is 59.4 Å². The average molecular weight is 240 g/mol. The summed E-state index contributed by atoms with van der Waals surface area (Å²) < 4.78 is 0. The third-order valence-electron chi connectivity index (χ3n) is 3.37. The summed E-state index contributed by atoms with van der Waals surface area (Å²) in [6.45, 7) is 6.06. The number of hydrogen-bond acceptors (Lipinski definition) is 4. The molecule has 1 N–H and O–H groups in total. The molecule has 0 atom stereocenters. The van der Waals surface area contributed by atoms with Crippen LogP contribution in [-0.4, -0.2) is 85.9 Å². The number of carbonyl (C=O) groups excluding carboxylic acids is 2. The lowest BCUT2D eigenvalue weighted by Gasteiger charge is -2.34. The van der Waals surface area contributed by atoms with Crippen molar-refractivity contribution in [3.63, 3.8) is 0 Å². The summed E-state index contributed by atoms with van der Waals surface area (Å²) in [6.07, 6.45) is 0. The van der Waals surface area contributed by atoms with Gasteiger partial charge in [0, 0.05) is 46.3 Å². The van der Waals surface area contributed by atoms with E-state index in [9.17, 15) is 9.59 Å². The Balaban J connectivity index is 1.78. The lowest BCUT2D eigenvalue weighted by Crippen LogP contribution is -2.54. The van der Waals surface area contributed by atoms with Gasteiger partial charge in [0.2, 0.25) is 11.8 Å². The monoisotopic (exact) mass is 240 g/mol. The predicted octanol–water partition coefficient (Wildman–Crippen LogP) is -1.81. The SMILES string of the molecule is CN1CC(=O)N(CCN2CCNCC2)CC1=O. The molecular weight excluding hydrogens is 220 g/mol. The molecule has 6 heteroatoms. The van der Waals surface area contributed by atoms with Gasteiger partial charge in [-0.25, -0.2) is 0 Å². The van der Waals surface area contributed by atoms with E-state index in [0.29, 0.717) is 6.54 Å². The van der Waals surface area contributed by atoms with Gasteiger partial charge in [-0.15, -0.1) is 0 Å². The number of nitrogens with zero attached hydrogens (tertiary/aromatic N) is 3. The molecule has 0 aliphatic carbocycles. The summed E-state index contributed by atoms with van der Waals surface area (Å²) in [6, 6.07) is 0. The number of hydrogen-bond donors (Lipinski definition) is 1. The maximum atomic E-state index is 11.7. The van der Waals surface area contributed by atoms with Crippen LogP contribution in [0.4, 0.5) is 0 Å². The summed E-state index contributed by atoms with van der Waals surface area (Å²) in [5.74, 6) is 0.0899. The van der Waals surface area contributed by atoms with Crippen LogP contribution in [0.5, 0.6) is 0 Å². The zero-order valence-electron chi connectivity index (χ0n) is 10.3. The van der Waals surface area contributed by atoms with Crippen molar-refractivity contribution >= 4 is 11.8 Å². The third kappa shape index (κ3) is 3.17. The van der Waals surface area contributed by atoms with E-state index >= 15 is 0 Å². The van der Waals surface area contributed by atoms with Crippen molar-refractivity contribution in [1.82, 2.24) is 20.0 Å². The van der Waals surface area contributed by atoms with E-state index in [-0.39, 0.29) is 24.9 Å². The van der Waals surface area contributed by atoms with E-state index in [4.69, 9.17) is 0 Å². The molecule has 2 saturated heterocycles. The summed E-state index contributed by atoms with van der Waals surface area (Å²) in [4.78, 5) is 28.7. The van der Waals surface area contributed by atoms with Gasteiger partial charge < -0.3 is 15.1 Å². The van der Waals surface area contributed by atoms with Crippen molar-refractivity contribution in [2.45, 2.75) is 0 Å². The van der Waals surface area contributed by atoms with Crippen LogP contribution in [0.1, 0.15) is 0 Å². The highest BCUT2D eigenvalue weighted by Gasteiger charge is 2.27. The number of likely N-dealkylation sites (N-methyl/N-ethyl adjacent to an activating group) is 1. The molecule has 0 aromatic carbocycles. The Hall–Kier alpha value is -1.14. The Bertz CT molecular complexity index is 302. The van der Waals surface area contributed by atoms with Gasteiger partial charge in [0.25, 0.3) is 0 Å². The number of amides is 2. The Morgan fingerprint density at radius 2 is 1.76 bits per heavy atom. The predicted molar refractivity (Wildman–Crippen MR) is 63.5 cm³/mol. The van der Waals surface area contributed by atoms with E-state index in [1.807, 2.05) is 0 Å². The van der Waals surface area contributed by atoms with Crippen LogP contribution in [0, 0.1) is 0 Å². The van der Waals surface area contributed by atoms with Gasteiger partial charge in [-0.3, -0.25) is 14.5 Å². The quantitative estimate of drug-likeness (QED) is 0.632. The fourth-order valence-electron chi connectivity index (χ4n) is 2.16. The standard InChI is InChI=1S/C11H20N4O2/c1-13-8-11(17)15(9-10(13)16)7-6-14-4-2-12-3-5-14/h12H,2-9H2,1H3. The van der Waals surface area contributed by atoms with Gasteiger partial charge in [-0.1, -0.05) is 0 Å². The maximum Gasteiger partial charge on any atom is 0.242 e. The van der Waals surface area contributed by atoms with Crippen LogP contribution < -0.4 is 5.32 Å². The molecule has 0 spiro atoms. The van der Waals surface area contributed by atoms with Gasteiger partial charge >= 0.3 is 0 Å². The fourth-order valence-corrected chi connectivity index (χ4v) is 2.16. The normalized spacial score (nSPS) is 23.4. The highest BCUT2D eigenvalue weighted by molar-refractivity contribution is 5.92. The lowest BCUT2D eigenvalue weighted by molar-refractivity contribution is -0.148. The van der Waals surface area contributed by atoms with E-state index < -0.39 is 0 Å². The average Bonchev–Trinajstić information content (AvgIpc) is 2.33. The molecule has 0 unspecified atom stereocenters. The zero-order valence-corrected chi connectivity index (χ0v) is 10.3. The first kappa shape index (κ1) is 12.3. The molecule has 2 heterocycles. The van der Waals surface area contributed by atoms with Crippen molar-refractivity contribution in [3.05, 3.63) is 0 Å². The summed E-state index contributed by atoms with van der Waals surface area (Å²) >= 11 is 0. The molecule has 2 rings (SSSR count). The molecule has 0 saturated carbocycles. The molecule has 96 valence electrons. The van der Waals surface area contributed by atoms with Gasteiger partial charge in [-0.05, 0) is 0 Å². The van der Waals surface area contributed by atoms with E-state index in [1.54, 1.807) is 11.9 Å². The molecule has 17 heavy (non-hydrogen) atoms. The molecule has 2 amide bonds. The molecule has 6 nitrogen and oxygen atoms in total. The molecule has 0 aromatic heterocycles. The summed E-state index contributed by atoms with van der Waals surface area (Å²) in [5.41, 5.74) is 0. The third-order valence-corrected chi connectivity index (χ3v) is 3.37. The minimum atomic E-state index is 0.0323. The van der Waals surface area contributed by atoms with Crippen molar-refractivity contribution in [2.24, 2.45) is 0 Å². The van der Waals surface area contributed by atoms with Crippen LogP contribution in [0.2, 0.25) is 0 Å². The van der Waals surface area contributed by atoms with Gasteiger partial charge in [0.05, 0.1) is 13.1 Å². The minimum Gasteiger partial charge on any atom is -0.335 e. The molecule has 0 bridgehead atoms. The molecule has 0 aromatic rings. The molecule has 2 fully saturated rings. The molecule has 0 radical (unpaired) electrons. The first-order chi connectivity index (χ1) is 8.16. The highest BCUT2D eigenvalue weighted by Crippen LogP contribution is 2.03. The summed E-state index contributed by atoms with van der Waals surface area (Å²) in [7, 11) is 1.67.